The van der Waals surface area contributed by atoms with Crippen LogP contribution in [-0.2, 0) is 30.4 Å². The van der Waals surface area contributed by atoms with Crippen molar-refractivity contribution in [3.8, 4) is 0 Å². The molecule has 1 aromatic rings. The summed E-state index contributed by atoms with van der Waals surface area (Å²) in [5.74, 6) is -4.86. The van der Waals surface area contributed by atoms with Gasteiger partial charge in [-0.2, -0.15) is 24.4 Å². The lowest BCUT2D eigenvalue weighted by Gasteiger charge is -2.24. The van der Waals surface area contributed by atoms with Crippen LogP contribution in [0.2, 0.25) is 0 Å². The number of carboxylic acid groups (broad SMARTS) is 2. The number of aliphatic carboxylic acids is 2. The van der Waals surface area contributed by atoms with E-state index < -0.39 is 60.2 Å². The van der Waals surface area contributed by atoms with E-state index in [-0.39, 0.29) is 12.2 Å². The molecule has 1 rings (SSSR count). The van der Waals surface area contributed by atoms with Crippen molar-refractivity contribution in [1.82, 2.24) is 25.9 Å². The Morgan fingerprint density at radius 3 is 2.21 bits per heavy atom. The first-order chi connectivity index (χ1) is 15.6. The highest BCUT2D eigenvalue weighted by atomic mass is 32.2. The van der Waals surface area contributed by atoms with E-state index in [1.807, 2.05) is 6.26 Å². The summed E-state index contributed by atoms with van der Waals surface area (Å²) < 4.78 is 0. The maximum absolute atomic E-state index is 12.9. The third-order valence-electron chi connectivity index (χ3n) is 4.39. The van der Waals surface area contributed by atoms with E-state index in [1.54, 1.807) is 0 Å². The van der Waals surface area contributed by atoms with Crippen molar-refractivity contribution in [2.24, 2.45) is 5.73 Å². The summed E-state index contributed by atoms with van der Waals surface area (Å²) in [6.07, 6.45) is 4.19. The molecule has 184 valence electrons. The van der Waals surface area contributed by atoms with E-state index >= 15 is 0 Å². The molecule has 0 saturated heterocycles. The van der Waals surface area contributed by atoms with E-state index in [4.69, 9.17) is 15.9 Å². The van der Waals surface area contributed by atoms with Crippen LogP contribution in [0.5, 0.6) is 0 Å². The van der Waals surface area contributed by atoms with Gasteiger partial charge in [0, 0.05) is 24.1 Å². The molecule has 0 aliphatic rings. The molecule has 15 heteroatoms. The van der Waals surface area contributed by atoms with Gasteiger partial charge < -0.3 is 36.9 Å². The summed E-state index contributed by atoms with van der Waals surface area (Å²) >= 11 is 5.33. The molecule has 4 atom stereocenters. The number of H-pyrrole nitrogens is 1. The maximum atomic E-state index is 12.9. The molecular formula is C18H28N6O7S2. The average molecular weight is 505 g/mol. The Morgan fingerprint density at radius 1 is 1.09 bits per heavy atom. The van der Waals surface area contributed by atoms with Gasteiger partial charge in [0.1, 0.15) is 18.1 Å². The molecular weight excluding hydrogens is 476 g/mol. The van der Waals surface area contributed by atoms with Crippen LogP contribution in [0, 0.1) is 0 Å². The number of aromatic nitrogens is 2. The molecule has 0 bridgehead atoms. The first-order valence-corrected chi connectivity index (χ1v) is 11.8. The second kappa shape index (κ2) is 14.4. The van der Waals surface area contributed by atoms with Gasteiger partial charge in [0.2, 0.25) is 17.7 Å². The number of thioether (sulfide) groups is 1. The quantitative estimate of drug-likeness (QED) is 0.123. The predicted octanol–water partition coefficient (Wildman–Crippen LogP) is -2.02. The number of carbonyl (C=O) groups is 5. The zero-order chi connectivity index (χ0) is 25.0. The van der Waals surface area contributed by atoms with Crippen LogP contribution in [0.4, 0.5) is 0 Å². The molecule has 1 aromatic heterocycles. The Morgan fingerprint density at radius 2 is 1.70 bits per heavy atom. The summed E-state index contributed by atoms with van der Waals surface area (Å²) in [5.41, 5.74) is 6.35. The molecule has 0 aromatic carbocycles. The molecule has 3 amide bonds. The fourth-order valence-electron chi connectivity index (χ4n) is 2.59. The second-order valence-corrected chi connectivity index (χ2v) is 8.32. The topological polar surface area (TPSA) is 217 Å². The first kappa shape index (κ1) is 28.3. The summed E-state index contributed by atoms with van der Waals surface area (Å²) in [6, 6.07) is -5.06. The Labute approximate surface area is 199 Å². The minimum absolute atomic E-state index is 0.0391. The van der Waals surface area contributed by atoms with Crippen LogP contribution in [0.1, 0.15) is 18.5 Å². The van der Waals surface area contributed by atoms with Crippen LogP contribution in [0.15, 0.2) is 12.5 Å². The SMILES string of the molecule is CSCCC(N)C(=O)NC(Cc1cnc[nH]1)C(=O)NC(CC(=O)O)C(=O)NC(CS)C(=O)O. The molecule has 0 aliphatic carbocycles. The number of hydrogen-bond donors (Lipinski definition) is 8. The zero-order valence-corrected chi connectivity index (χ0v) is 19.5. The summed E-state index contributed by atoms with van der Waals surface area (Å²) in [4.78, 5) is 66.8. The summed E-state index contributed by atoms with van der Waals surface area (Å²) in [6.45, 7) is 0. The number of aromatic amines is 1. The number of nitrogens with one attached hydrogen (secondary N) is 4. The lowest BCUT2D eigenvalue weighted by Crippen LogP contribution is -2.58. The van der Waals surface area contributed by atoms with Crippen molar-refractivity contribution in [2.45, 2.75) is 43.4 Å². The Hall–Kier alpha value is -2.78. The highest BCUT2D eigenvalue weighted by Crippen LogP contribution is 2.04. The number of rotatable bonds is 15. The van der Waals surface area contributed by atoms with Gasteiger partial charge in [-0.1, -0.05) is 0 Å². The van der Waals surface area contributed by atoms with E-state index in [9.17, 15) is 24.0 Å². The normalized spacial score (nSPS) is 14.4. The standard InChI is InChI=1S/C18H28N6O7S2/c1-33-3-2-10(19)15(27)22-11(4-9-6-20-8-21-9)16(28)23-12(5-14(25)26)17(29)24-13(7-32)18(30)31/h6,8,10-13,32H,2-5,7,19H2,1H3,(H,20,21)(H,22,27)(H,23,28)(H,24,29)(H,25,26)(H,30,31). The average Bonchev–Trinajstić information content (AvgIpc) is 3.27. The lowest BCUT2D eigenvalue weighted by atomic mass is 10.1. The van der Waals surface area contributed by atoms with Gasteiger partial charge in [0.05, 0.1) is 18.8 Å². The minimum atomic E-state index is -1.59. The highest BCUT2D eigenvalue weighted by molar-refractivity contribution is 7.98. The molecule has 1 heterocycles. The van der Waals surface area contributed by atoms with E-state index in [0.29, 0.717) is 17.9 Å². The van der Waals surface area contributed by atoms with Crippen LogP contribution in [-0.4, -0.2) is 91.8 Å². The number of carboxylic acids is 2. The van der Waals surface area contributed by atoms with Gasteiger partial charge in [0.25, 0.3) is 0 Å². The largest absolute Gasteiger partial charge is 0.481 e. The molecule has 33 heavy (non-hydrogen) atoms. The van der Waals surface area contributed by atoms with Crippen molar-refractivity contribution in [3.63, 3.8) is 0 Å². The molecule has 0 spiro atoms. The van der Waals surface area contributed by atoms with Crippen LogP contribution in [0.3, 0.4) is 0 Å². The van der Waals surface area contributed by atoms with Gasteiger partial charge in [0.15, 0.2) is 0 Å². The van der Waals surface area contributed by atoms with Crippen molar-refractivity contribution in [1.29, 1.82) is 0 Å². The molecule has 4 unspecified atom stereocenters. The van der Waals surface area contributed by atoms with Gasteiger partial charge in [-0.25, -0.2) is 9.78 Å². The number of hydrogen-bond acceptors (Lipinski definition) is 9. The van der Waals surface area contributed by atoms with Gasteiger partial charge >= 0.3 is 11.9 Å². The molecule has 8 N–H and O–H groups in total. The molecule has 13 nitrogen and oxygen atoms in total. The number of nitrogens with two attached hydrogens (primary N) is 1. The number of carbonyl (C=O) groups excluding carboxylic acids is 3. The summed E-state index contributed by atoms with van der Waals surface area (Å²) in [7, 11) is 0. The zero-order valence-electron chi connectivity index (χ0n) is 17.8. The fraction of sp³-hybridized carbons (Fsp3) is 0.556. The summed E-state index contributed by atoms with van der Waals surface area (Å²) in [5, 5.41) is 25.1. The van der Waals surface area contributed by atoms with Crippen molar-refractivity contribution < 1.29 is 34.2 Å². The molecule has 0 aliphatic heterocycles. The smallest absolute Gasteiger partial charge is 0.327 e. The Balaban J connectivity index is 3.00. The molecule has 0 saturated carbocycles. The number of imidazole rings is 1. The highest BCUT2D eigenvalue weighted by Gasteiger charge is 2.31. The van der Waals surface area contributed by atoms with Crippen LogP contribution >= 0.6 is 24.4 Å². The van der Waals surface area contributed by atoms with Gasteiger partial charge in [-0.3, -0.25) is 19.2 Å². The van der Waals surface area contributed by atoms with Crippen LogP contribution < -0.4 is 21.7 Å². The second-order valence-electron chi connectivity index (χ2n) is 6.97. The fourth-order valence-corrected chi connectivity index (χ4v) is 3.33. The Bertz CT molecular complexity index is 823. The number of nitrogens with zero attached hydrogens (tertiary/aromatic N) is 1. The molecule has 0 radical (unpaired) electrons. The van der Waals surface area contributed by atoms with Gasteiger partial charge in [-0.15, -0.1) is 0 Å². The minimum Gasteiger partial charge on any atom is -0.481 e. The van der Waals surface area contributed by atoms with Crippen molar-refractivity contribution in [2.75, 3.05) is 17.8 Å². The first-order valence-electron chi connectivity index (χ1n) is 9.77. The molecule has 0 fully saturated rings. The van der Waals surface area contributed by atoms with Gasteiger partial charge in [-0.05, 0) is 18.4 Å². The van der Waals surface area contributed by atoms with Crippen molar-refractivity contribution in [3.05, 3.63) is 18.2 Å². The Kier molecular flexibility index (Phi) is 12.3. The lowest BCUT2D eigenvalue weighted by molar-refractivity contribution is -0.143. The monoisotopic (exact) mass is 504 g/mol. The predicted molar refractivity (Wildman–Crippen MR) is 123 cm³/mol. The van der Waals surface area contributed by atoms with Crippen LogP contribution in [0.25, 0.3) is 0 Å². The maximum Gasteiger partial charge on any atom is 0.327 e. The van der Waals surface area contributed by atoms with E-state index in [1.165, 1.54) is 24.3 Å². The number of thiol groups is 1. The van der Waals surface area contributed by atoms with E-state index in [0.717, 1.165) is 0 Å². The van der Waals surface area contributed by atoms with Crippen molar-refractivity contribution >= 4 is 54.1 Å². The third-order valence-corrected chi connectivity index (χ3v) is 5.40. The number of amides is 3. The van der Waals surface area contributed by atoms with E-state index in [2.05, 4.69) is 38.5 Å². The third kappa shape index (κ3) is 10.1.